The van der Waals surface area contributed by atoms with E-state index in [1.807, 2.05) is 17.8 Å². The van der Waals surface area contributed by atoms with Gasteiger partial charge in [0.2, 0.25) is 0 Å². The van der Waals surface area contributed by atoms with E-state index in [-0.39, 0.29) is 11.9 Å². The molecule has 0 aromatic carbocycles. The highest BCUT2D eigenvalue weighted by atomic mass is 32.2. The van der Waals surface area contributed by atoms with Crippen LogP contribution in [0.25, 0.3) is 0 Å². The van der Waals surface area contributed by atoms with Gasteiger partial charge in [-0.15, -0.1) is 0 Å². The molecule has 1 rings (SSSR count). The van der Waals surface area contributed by atoms with Gasteiger partial charge in [0, 0.05) is 12.2 Å². The number of hydrogen-bond donors (Lipinski definition) is 0. The van der Waals surface area contributed by atoms with E-state index < -0.39 is 0 Å². The Labute approximate surface area is 109 Å². The maximum atomic E-state index is 11.6. The minimum Gasteiger partial charge on any atom is -0.431 e. The summed E-state index contributed by atoms with van der Waals surface area (Å²) in [4.78, 5) is 11.6. The predicted octanol–water partition coefficient (Wildman–Crippen LogP) is 4.16. The van der Waals surface area contributed by atoms with Crippen molar-refractivity contribution in [3.8, 4) is 0 Å². The fraction of sp³-hybridized carbons (Fsp3) is 0.786. The Morgan fingerprint density at radius 3 is 2.71 bits per heavy atom. The molecule has 1 aliphatic heterocycles. The van der Waals surface area contributed by atoms with Crippen LogP contribution >= 0.6 is 11.8 Å². The standard InChI is InChI=1S/C14H24O2S/c1-3-5-7-8-13-10-12(14(15)16-13)11-17-9-6-4-2/h10,12H,3-9,11H2,1-2H3. The highest BCUT2D eigenvalue weighted by Gasteiger charge is 2.26. The summed E-state index contributed by atoms with van der Waals surface area (Å²) in [6, 6.07) is 0. The SMILES string of the molecule is CCCCCC1=CC(CSCCCC)C(=O)O1. The van der Waals surface area contributed by atoms with E-state index in [4.69, 9.17) is 4.74 Å². The zero-order valence-corrected chi connectivity index (χ0v) is 11.9. The van der Waals surface area contributed by atoms with Gasteiger partial charge < -0.3 is 4.74 Å². The van der Waals surface area contributed by atoms with Crippen LogP contribution in [0.1, 0.15) is 52.4 Å². The maximum absolute atomic E-state index is 11.6. The Kier molecular flexibility index (Phi) is 7.41. The lowest BCUT2D eigenvalue weighted by molar-refractivity contribution is -0.139. The lowest BCUT2D eigenvalue weighted by Crippen LogP contribution is -2.11. The van der Waals surface area contributed by atoms with Crippen LogP contribution in [0.5, 0.6) is 0 Å². The quantitative estimate of drug-likeness (QED) is 0.458. The molecule has 1 aliphatic rings. The fourth-order valence-electron chi connectivity index (χ4n) is 1.79. The van der Waals surface area contributed by atoms with Crippen LogP contribution in [-0.4, -0.2) is 17.5 Å². The number of carbonyl (C=O) groups is 1. The van der Waals surface area contributed by atoms with E-state index >= 15 is 0 Å². The summed E-state index contributed by atoms with van der Waals surface area (Å²) in [5.74, 6) is 2.91. The molecular formula is C14H24O2S. The van der Waals surface area contributed by atoms with Crippen LogP contribution in [0.15, 0.2) is 11.8 Å². The van der Waals surface area contributed by atoms with Crippen molar-refractivity contribution in [1.82, 2.24) is 0 Å². The van der Waals surface area contributed by atoms with Crippen LogP contribution in [0.4, 0.5) is 0 Å². The topological polar surface area (TPSA) is 26.3 Å². The summed E-state index contributed by atoms with van der Waals surface area (Å²) in [7, 11) is 0. The number of hydrogen-bond acceptors (Lipinski definition) is 3. The van der Waals surface area contributed by atoms with Gasteiger partial charge in [-0.25, -0.2) is 0 Å². The van der Waals surface area contributed by atoms with Gasteiger partial charge in [-0.2, -0.15) is 11.8 Å². The summed E-state index contributed by atoms with van der Waals surface area (Å²) in [5.41, 5.74) is 0. The van der Waals surface area contributed by atoms with Gasteiger partial charge in [0.15, 0.2) is 0 Å². The highest BCUT2D eigenvalue weighted by Crippen LogP contribution is 2.25. The van der Waals surface area contributed by atoms with Gasteiger partial charge in [0.05, 0.1) is 5.92 Å². The van der Waals surface area contributed by atoms with Gasteiger partial charge in [0.1, 0.15) is 5.76 Å². The number of unbranched alkanes of at least 4 members (excludes halogenated alkanes) is 3. The van der Waals surface area contributed by atoms with E-state index in [1.54, 1.807) is 0 Å². The lowest BCUT2D eigenvalue weighted by atomic mass is 10.1. The number of rotatable bonds is 9. The molecule has 0 aromatic heterocycles. The number of cyclic esters (lactones) is 1. The van der Waals surface area contributed by atoms with Crippen LogP contribution < -0.4 is 0 Å². The molecule has 98 valence electrons. The molecule has 1 atom stereocenters. The Morgan fingerprint density at radius 2 is 2.00 bits per heavy atom. The molecule has 0 radical (unpaired) electrons. The third-order valence-corrected chi connectivity index (χ3v) is 4.06. The molecule has 1 heterocycles. The molecule has 0 spiro atoms. The Balaban J connectivity index is 2.22. The van der Waals surface area contributed by atoms with Crippen LogP contribution in [0, 0.1) is 5.92 Å². The maximum Gasteiger partial charge on any atom is 0.318 e. The molecule has 0 N–H and O–H groups in total. The van der Waals surface area contributed by atoms with Crippen molar-refractivity contribution >= 4 is 17.7 Å². The van der Waals surface area contributed by atoms with Crippen molar-refractivity contribution in [3.05, 3.63) is 11.8 Å². The molecule has 0 fully saturated rings. The molecule has 0 saturated heterocycles. The Bertz CT molecular complexity index is 261. The van der Waals surface area contributed by atoms with E-state index in [1.165, 1.54) is 25.7 Å². The summed E-state index contributed by atoms with van der Waals surface area (Å²) in [6.45, 7) is 4.37. The van der Waals surface area contributed by atoms with E-state index in [2.05, 4.69) is 13.8 Å². The van der Waals surface area contributed by atoms with Crippen molar-refractivity contribution in [3.63, 3.8) is 0 Å². The number of ether oxygens (including phenoxy) is 1. The van der Waals surface area contributed by atoms with Crippen molar-refractivity contribution in [1.29, 1.82) is 0 Å². The molecular weight excluding hydrogens is 232 g/mol. The predicted molar refractivity (Wildman–Crippen MR) is 74.0 cm³/mol. The molecule has 1 unspecified atom stereocenters. The molecule has 0 saturated carbocycles. The number of thioether (sulfide) groups is 1. The number of esters is 1. The Morgan fingerprint density at radius 1 is 1.24 bits per heavy atom. The monoisotopic (exact) mass is 256 g/mol. The second-order valence-electron chi connectivity index (χ2n) is 4.55. The first-order valence-electron chi connectivity index (χ1n) is 6.78. The second-order valence-corrected chi connectivity index (χ2v) is 5.70. The molecule has 0 bridgehead atoms. The zero-order chi connectivity index (χ0) is 12.5. The highest BCUT2D eigenvalue weighted by molar-refractivity contribution is 7.99. The van der Waals surface area contributed by atoms with E-state index in [0.29, 0.717) is 0 Å². The number of allylic oxidation sites excluding steroid dienone is 1. The first-order chi connectivity index (χ1) is 8.27. The van der Waals surface area contributed by atoms with Crippen molar-refractivity contribution in [2.24, 2.45) is 5.92 Å². The third kappa shape index (κ3) is 5.62. The molecule has 17 heavy (non-hydrogen) atoms. The second kappa shape index (κ2) is 8.62. The third-order valence-electron chi connectivity index (χ3n) is 2.89. The van der Waals surface area contributed by atoms with Crippen molar-refractivity contribution in [2.45, 2.75) is 52.4 Å². The van der Waals surface area contributed by atoms with Gasteiger partial charge in [-0.3, -0.25) is 4.79 Å². The molecule has 0 amide bonds. The van der Waals surface area contributed by atoms with Crippen LogP contribution in [0.2, 0.25) is 0 Å². The molecule has 3 heteroatoms. The van der Waals surface area contributed by atoms with Crippen LogP contribution in [-0.2, 0) is 9.53 Å². The number of carbonyl (C=O) groups excluding carboxylic acids is 1. The molecule has 0 aliphatic carbocycles. The Hall–Kier alpha value is -0.440. The first-order valence-corrected chi connectivity index (χ1v) is 7.93. The summed E-state index contributed by atoms with van der Waals surface area (Å²) >= 11 is 1.86. The van der Waals surface area contributed by atoms with Gasteiger partial charge in [-0.1, -0.05) is 33.1 Å². The normalized spacial score (nSPS) is 19.3. The van der Waals surface area contributed by atoms with E-state index in [9.17, 15) is 4.79 Å². The molecule has 0 aromatic rings. The van der Waals surface area contributed by atoms with Gasteiger partial charge in [0.25, 0.3) is 0 Å². The zero-order valence-electron chi connectivity index (χ0n) is 11.0. The smallest absolute Gasteiger partial charge is 0.318 e. The summed E-state index contributed by atoms with van der Waals surface area (Å²) < 4.78 is 5.29. The fourth-order valence-corrected chi connectivity index (χ4v) is 2.93. The average molecular weight is 256 g/mol. The largest absolute Gasteiger partial charge is 0.431 e. The minimum absolute atomic E-state index is 0.00785. The summed E-state index contributed by atoms with van der Waals surface area (Å²) in [5, 5.41) is 0. The van der Waals surface area contributed by atoms with Gasteiger partial charge in [-0.05, 0) is 24.7 Å². The van der Waals surface area contributed by atoms with Crippen molar-refractivity contribution in [2.75, 3.05) is 11.5 Å². The lowest BCUT2D eigenvalue weighted by Gasteiger charge is -2.03. The first kappa shape index (κ1) is 14.6. The van der Waals surface area contributed by atoms with Crippen molar-refractivity contribution < 1.29 is 9.53 Å². The van der Waals surface area contributed by atoms with E-state index in [0.717, 1.165) is 30.1 Å². The van der Waals surface area contributed by atoms with Crippen LogP contribution in [0.3, 0.4) is 0 Å². The summed E-state index contributed by atoms with van der Waals surface area (Å²) in [6.07, 6.45) is 8.97. The molecule has 2 nitrogen and oxygen atoms in total. The minimum atomic E-state index is -0.0412. The average Bonchev–Trinajstić information content (AvgIpc) is 2.66. The van der Waals surface area contributed by atoms with Gasteiger partial charge >= 0.3 is 5.97 Å².